The Morgan fingerprint density at radius 3 is 2.26 bits per heavy atom. The maximum absolute atomic E-state index is 9.94. The van der Waals surface area contributed by atoms with Crippen LogP contribution < -0.4 is 10.1 Å². The predicted octanol–water partition coefficient (Wildman–Crippen LogP) is 4.10. The highest BCUT2D eigenvalue weighted by atomic mass is 16.5. The van der Waals surface area contributed by atoms with Crippen molar-refractivity contribution in [2.75, 3.05) is 26.4 Å². The van der Waals surface area contributed by atoms with Crippen molar-refractivity contribution in [1.29, 1.82) is 0 Å². The average molecular weight is 382 g/mol. The molecule has 0 spiro atoms. The summed E-state index contributed by atoms with van der Waals surface area (Å²) >= 11 is 0. The molecule has 0 saturated carbocycles. The quantitative estimate of drug-likeness (QED) is 0.448. The molecule has 5 nitrogen and oxygen atoms in total. The molecule has 0 saturated heterocycles. The Morgan fingerprint density at radius 1 is 1.00 bits per heavy atom. The van der Waals surface area contributed by atoms with Crippen LogP contribution in [0.25, 0.3) is 0 Å². The summed E-state index contributed by atoms with van der Waals surface area (Å²) in [5.41, 5.74) is 1.15. The molecule has 0 aliphatic heterocycles. The minimum Gasteiger partial charge on any atom is -0.491 e. The van der Waals surface area contributed by atoms with Gasteiger partial charge in [-0.3, -0.25) is 0 Å². The molecule has 0 bridgehead atoms. The Bertz CT molecular complexity index is 476. The summed E-state index contributed by atoms with van der Waals surface area (Å²) in [6, 6.07) is 8.36. The van der Waals surface area contributed by atoms with Gasteiger partial charge < -0.3 is 24.6 Å². The fraction of sp³-hybridized carbons (Fsp3) is 0.727. The molecule has 0 radical (unpaired) electrons. The summed E-state index contributed by atoms with van der Waals surface area (Å²) in [4.78, 5) is 0. The second kappa shape index (κ2) is 13.9. The second-order valence-electron chi connectivity index (χ2n) is 7.52. The summed E-state index contributed by atoms with van der Waals surface area (Å²) in [6.45, 7) is 12.4. The number of hydrogen-bond donors (Lipinski definition) is 2. The Kier molecular flexibility index (Phi) is 12.3. The molecule has 0 aliphatic rings. The predicted molar refractivity (Wildman–Crippen MR) is 110 cm³/mol. The fourth-order valence-corrected chi connectivity index (χ4v) is 2.61. The fourth-order valence-electron chi connectivity index (χ4n) is 2.61. The molecule has 2 unspecified atom stereocenters. The highest BCUT2D eigenvalue weighted by molar-refractivity contribution is 5.28. The monoisotopic (exact) mass is 381 g/mol. The Labute approximate surface area is 165 Å². The van der Waals surface area contributed by atoms with Crippen LogP contribution >= 0.6 is 0 Å². The lowest BCUT2D eigenvalue weighted by Crippen LogP contribution is -2.35. The van der Waals surface area contributed by atoms with E-state index in [9.17, 15) is 5.11 Å². The summed E-state index contributed by atoms with van der Waals surface area (Å²) in [6.07, 6.45) is 3.06. The van der Waals surface area contributed by atoms with Crippen molar-refractivity contribution < 1.29 is 19.3 Å². The highest BCUT2D eigenvalue weighted by Gasteiger charge is 2.13. The molecule has 156 valence electrons. The van der Waals surface area contributed by atoms with Crippen LogP contribution in [0, 0.1) is 0 Å². The smallest absolute Gasteiger partial charge is 0.119 e. The Balaban J connectivity index is 2.50. The van der Waals surface area contributed by atoms with Gasteiger partial charge in [-0.2, -0.15) is 0 Å². The number of benzene rings is 1. The van der Waals surface area contributed by atoms with Gasteiger partial charge in [-0.15, -0.1) is 0 Å². The van der Waals surface area contributed by atoms with Gasteiger partial charge in [0.05, 0.1) is 25.4 Å². The molecule has 27 heavy (non-hydrogen) atoms. The van der Waals surface area contributed by atoms with Gasteiger partial charge in [-0.25, -0.2) is 0 Å². The summed E-state index contributed by atoms with van der Waals surface area (Å²) in [7, 11) is 0. The zero-order valence-corrected chi connectivity index (χ0v) is 17.7. The SMILES string of the molecule is CCCCC(OCCOC(C)C)c1ccc(OCC(O)CNC(C)C)cc1. The second-order valence-corrected chi connectivity index (χ2v) is 7.52. The lowest BCUT2D eigenvalue weighted by atomic mass is 10.0. The van der Waals surface area contributed by atoms with Crippen LogP contribution in [-0.2, 0) is 9.47 Å². The van der Waals surface area contributed by atoms with E-state index in [1.165, 1.54) is 0 Å². The zero-order chi connectivity index (χ0) is 20.1. The Hall–Kier alpha value is -1.14. The standard InChI is InChI=1S/C22H39NO4/c1-6-7-8-22(26-14-13-25-18(4)5)19-9-11-21(12-10-19)27-16-20(24)15-23-17(2)3/h9-12,17-18,20,22-24H,6-8,13-16H2,1-5H3. The van der Waals surface area contributed by atoms with E-state index in [4.69, 9.17) is 14.2 Å². The van der Waals surface area contributed by atoms with Crippen LogP contribution in [0.4, 0.5) is 0 Å². The zero-order valence-electron chi connectivity index (χ0n) is 17.7. The molecule has 5 heteroatoms. The number of aliphatic hydroxyl groups excluding tert-OH is 1. The summed E-state index contributed by atoms with van der Waals surface area (Å²) < 4.78 is 17.3. The minimum absolute atomic E-state index is 0.0793. The summed E-state index contributed by atoms with van der Waals surface area (Å²) in [5.74, 6) is 0.764. The van der Waals surface area contributed by atoms with Crippen LogP contribution in [0.3, 0.4) is 0 Å². The van der Waals surface area contributed by atoms with E-state index in [1.54, 1.807) is 0 Å². The van der Waals surface area contributed by atoms with E-state index >= 15 is 0 Å². The third-order valence-corrected chi connectivity index (χ3v) is 4.13. The molecule has 0 fully saturated rings. The molecule has 1 aromatic carbocycles. The van der Waals surface area contributed by atoms with Crippen molar-refractivity contribution in [3.63, 3.8) is 0 Å². The largest absolute Gasteiger partial charge is 0.491 e. The molecule has 2 N–H and O–H groups in total. The molecule has 1 rings (SSSR count). The molecule has 2 atom stereocenters. The number of nitrogens with one attached hydrogen (secondary N) is 1. The van der Waals surface area contributed by atoms with Crippen molar-refractivity contribution >= 4 is 0 Å². The van der Waals surface area contributed by atoms with E-state index in [2.05, 4.69) is 38.2 Å². The highest BCUT2D eigenvalue weighted by Crippen LogP contribution is 2.25. The molecule has 0 heterocycles. The summed E-state index contributed by atoms with van der Waals surface area (Å²) in [5, 5.41) is 13.1. The van der Waals surface area contributed by atoms with E-state index in [1.807, 2.05) is 26.0 Å². The van der Waals surface area contributed by atoms with Gasteiger partial charge in [0.2, 0.25) is 0 Å². The molecule has 0 aliphatic carbocycles. The van der Waals surface area contributed by atoms with Crippen molar-refractivity contribution in [2.24, 2.45) is 0 Å². The van der Waals surface area contributed by atoms with E-state index in [0.717, 1.165) is 30.6 Å². The molecular weight excluding hydrogens is 342 g/mol. The number of hydrogen-bond acceptors (Lipinski definition) is 5. The maximum atomic E-state index is 9.94. The van der Waals surface area contributed by atoms with Crippen LogP contribution in [0.5, 0.6) is 5.75 Å². The maximum Gasteiger partial charge on any atom is 0.119 e. The third-order valence-electron chi connectivity index (χ3n) is 4.13. The minimum atomic E-state index is -0.520. The van der Waals surface area contributed by atoms with E-state index in [0.29, 0.717) is 25.8 Å². The lowest BCUT2D eigenvalue weighted by Gasteiger charge is -2.19. The van der Waals surface area contributed by atoms with Crippen LogP contribution in [0.1, 0.15) is 65.5 Å². The first-order chi connectivity index (χ1) is 12.9. The number of aliphatic hydroxyl groups is 1. The third kappa shape index (κ3) is 11.3. The van der Waals surface area contributed by atoms with Gasteiger partial charge >= 0.3 is 0 Å². The van der Waals surface area contributed by atoms with E-state index in [-0.39, 0.29) is 18.8 Å². The van der Waals surface area contributed by atoms with Crippen molar-refractivity contribution in [2.45, 2.75) is 78.2 Å². The van der Waals surface area contributed by atoms with Crippen molar-refractivity contribution in [3.05, 3.63) is 29.8 Å². The van der Waals surface area contributed by atoms with Crippen molar-refractivity contribution in [1.82, 2.24) is 5.32 Å². The van der Waals surface area contributed by atoms with Gasteiger partial charge in [0, 0.05) is 12.6 Å². The molecule has 1 aromatic rings. The normalized spacial score (nSPS) is 13.9. The van der Waals surface area contributed by atoms with Gasteiger partial charge in [-0.1, -0.05) is 45.7 Å². The van der Waals surface area contributed by atoms with Gasteiger partial charge in [0.1, 0.15) is 18.5 Å². The lowest BCUT2D eigenvalue weighted by molar-refractivity contribution is -0.0168. The van der Waals surface area contributed by atoms with Gasteiger partial charge in [0.25, 0.3) is 0 Å². The van der Waals surface area contributed by atoms with Crippen LogP contribution in [-0.4, -0.2) is 49.7 Å². The first-order valence-electron chi connectivity index (χ1n) is 10.3. The number of rotatable bonds is 15. The Morgan fingerprint density at radius 2 is 1.67 bits per heavy atom. The number of ether oxygens (including phenoxy) is 3. The van der Waals surface area contributed by atoms with Gasteiger partial charge in [-0.05, 0) is 38.0 Å². The topological polar surface area (TPSA) is 60.0 Å². The van der Waals surface area contributed by atoms with E-state index < -0.39 is 6.10 Å². The first-order valence-corrected chi connectivity index (χ1v) is 10.3. The number of unbranched alkanes of at least 4 members (excludes halogenated alkanes) is 1. The molecular formula is C22H39NO4. The van der Waals surface area contributed by atoms with Crippen LogP contribution in [0.2, 0.25) is 0 Å². The molecule has 0 amide bonds. The van der Waals surface area contributed by atoms with Gasteiger partial charge in [0.15, 0.2) is 0 Å². The first kappa shape index (κ1) is 23.9. The van der Waals surface area contributed by atoms with Crippen molar-refractivity contribution in [3.8, 4) is 5.75 Å². The average Bonchev–Trinajstić information content (AvgIpc) is 2.64. The van der Waals surface area contributed by atoms with Crippen LogP contribution in [0.15, 0.2) is 24.3 Å². The molecule has 0 aromatic heterocycles.